The van der Waals surface area contributed by atoms with Crippen LogP contribution in [0.2, 0.25) is 0 Å². The molecule has 0 fully saturated rings. The lowest BCUT2D eigenvalue weighted by molar-refractivity contribution is 0.469. The van der Waals surface area contributed by atoms with Gasteiger partial charge in [0.05, 0.1) is 11.2 Å². The Morgan fingerprint density at radius 2 is 1.92 bits per heavy atom. The molecule has 6 rings (SSSR count). The summed E-state index contributed by atoms with van der Waals surface area (Å²) < 4.78 is 13.9. The van der Waals surface area contributed by atoms with Gasteiger partial charge in [-0.25, -0.2) is 19.3 Å². The smallest absolute Gasteiger partial charge is 0.162 e. The Bertz CT molecular complexity index is 1700. The van der Waals surface area contributed by atoms with Crippen LogP contribution in [0.25, 0.3) is 56.1 Å². The quantitative estimate of drug-likeness (QED) is 0.275. The molecule has 4 N–H and O–H groups in total. The Morgan fingerprint density at radius 1 is 1.00 bits per heavy atom. The summed E-state index contributed by atoms with van der Waals surface area (Å²) in [6, 6.07) is 11.5. The maximum atomic E-state index is 13.9. The fourth-order valence-electron chi connectivity index (χ4n) is 4.20. The van der Waals surface area contributed by atoms with E-state index in [0.717, 1.165) is 41.5 Å². The number of pyridine rings is 3. The maximum absolute atomic E-state index is 13.9. The van der Waals surface area contributed by atoms with Crippen molar-refractivity contribution in [2.75, 3.05) is 6.54 Å². The predicted molar refractivity (Wildman–Crippen MR) is 134 cm³/mol. The minimum atomic E-state index is -0.537. The van der Waals surface area contributed by atoms with E-state index in [-0.39, 0.29) is 5.75 Å². The van der Waals surface area contributed by atoms with Gasteiger partial charge in [0.2, 0.25) is 0 Å². The Labute approximate surface area is 204 Å². The zero-order valence-electron chi connectivity index (χ0n) is 19.2. The van der Waals surface area contributed by atoms with Gasteiger partial charge in [0, 0.05) is 42.3 Å². The number of halogens is 1. The standard InChI is InChI=1S/C26H21FN8O/c1-2-28-11-14-7-16(13-29-12-14)20-3-4-21-23(31-20)24(35-34-21)26-32-22-19(5-6-30-25(22)33-26)15-8-17(27)10-18(36)9-15/h3-10,12-13,28,36H,2,11H2,1H3,(H,34,35)(H,30,32,33). The summed E-state index contributed by atoms with van der Waals surface area (Å²) in [6.07, 6.45) is 5.23. The van der Waals surface area contributed by atoms with Crippen molar-refractivity contribution in [1.82, 2.24) is 40.4 Å². The number of phenols is 1. The van der Waals surface area contributed by atoms with Gasteiger partial charge in [-0.2, -0.15) is 5.10 Å². The number of H-pyrrole nitrogens is 2. The maximum Gasteiger partial charge on any atom is 0.162 e. The number of nitrogens with one attached hydrogen (secondary N) is 3. The predicted octanol–water partition coefficient (Wildman–Crippen LogP) is 4.58. The number of aromatic nitrogens is 7. The van der Waals surface area contributed by atoms with Crippen molar-refractivity contribution in [2.45, 2.75) is 13.5 Å². The fourth-order valence-corrected chi connectivity index (χ4v) is 4.20. The zero-order valence-corrected chi connectivity index (χ0v) is 19.2. The molecule has 10 heteroatoms. The van der Waals surface area contributed by atoms with E-state index in [0.29, 0.717) is 39.3 Å². The molecule has 0 radical (unpaired) electrons. The second-order valence-electron chi connectivity index (χ2n) is 8.37. The van der Waals surface area contributed by atoms with Crippen LogP contribution in [0.1, 0.15) is 12.5 Å². The highest BCUT2D eigenvalue weighted by Crippen LogP contribution is 2.32. The van der Waals surface area contributed by atoms with E-state index in [1.807, 2.05) is 18.3 Å². The van der Waals surface area contributed by atoms with Crippen molar-refractivity contribution in [3.63, 3.8) is 0 Å². The van der Waals surface area contributed by atoms with Gasteiger partial charge >= 0.3 is 0 Å². The first kappa shape index (κ1) is 21.8. The van der Waals surface area contributed by atoms with Gasteiger partial charge in [-0.3, -0.25) is 10.1 Å². The molecule has 5 heterocycles. The van der Waals surface area contributed by atoms with Crippen molar-refractivity contribution in [3.8, 4) is 39.7 Å². The molecule has 0 atom stereocenters. The highest BCUT2D eigenvalue weighted by atomic mass is 19.1. The molecule has 36 heavy (non-hydrogen) atoms. The molecule has 0 unspecified atom stereocenters. The summed E-state index contributed by atoms with van der Waals surface area (Å²) in [6.45, 7) is 3.67. The molecule has 1 aromatic carbocycles. The minimum Gasteiger partial charge on any atom is -0.508 e. The van der Waals surface area contributed by atoms with E-state index in [1.165, 1.54) is 12.1 Å². The van der Waals surface area contributed by atoms with Gasteiger partial charge in [0.15, 0.2) is 17.2 Å². The first-order valence-corrected chi connectivity index (χ1v) is 11.4. The summed E-state index contributed by atoms with van der Waals surface area (Å²) in [5.74, 6) is -0.227. The molecule has 0 aliphatic carbocycles. The van der Waals surface area contributed by atoms with Crippen LogP contribution in [0.3, 0.4) is 0 Å². The number of rotatable bonds is 6. The molecule has 0 saturated carbocycles. The van der Waals surface area contributed by atoms with Crippen molar-refractivity contribution >= 4 is 22.2 Å². The average Bonchev–Trinajstić information content (AvgIpc) is 3.50. The lowest BCUT2D eigenvalue weighted by atomic mass is 10.1. The van der Waals surface area contributed by atoms with E-state index in [9.17, 15) is 9.50 Å². The molecule has 0 aliphatic rings. The lowest BCUT2D eigenvalue weighted by Gasteiger charge is -2.05. The van der Waals surface area contributed by atoms with Crippen LogP contribution in [0.5, 0.6) is 5.75 Å². The third kappa shape index (κ3) is 3.93. The van der Waals surface area contributed by atoms with Gasteiger partial charge in [0.25, 0.3) is 0 Å². The molecule has 0 aliphatic heterocycles. The van der Waals surface area contributed by atoms with Crippen molar-refractivity contribution in [2.24, 2.45) is 0 Å². The Morgan fingerprint density at radius 3 is 2.78 bits per heavy atom. The average molecular weight is 481 g/mol. The summed E-state index contributed by atoms with van der Waals surface area (Å²) in [4.78, 5) is 21.5. The second kappa shape index (κ2) is 8.82. The van der Waals surface area contributed by atoms with E-state index in [1.54, 1.807) is 18.5 Å². The lowest BCUT2D eigenvalue weighted by Crippen LogP contribution is -2.11. The third-order valence-electron chi connectivity index (χ3n) is 5.88. The number of fused-ring (bicyclic) bond motifs is 2. The van der Waals surface area contributed by atoms with E-state index >= 15 is 0 Å². The highest BCUT2D eigenvalue weighted by molar-refractivity contribution is 5.95. The van der Waals surface area contributed by atoms with Gasteiger partial charge in [-0.05, 0) is 54.1 Å². The van der Waals surface area contributed by atoms with Crippen molar-refractivity contribution in [1.29, 1.82) is 0 Å². The minimum absolute atomic E-state index is 0.162. The normalized spacial score (nSPS) is 11.5. The molecule has 0 amide bonds. The molecule has 0 saturated heterocycles. The highest BCUT2D eigenvalue weighted by Gasteiger charge is 2.18. The van der Waals surface area contributed by atoms with E-state index in [2.05, 4.69) is 43.5 Å². The Balaban J connectivity index is 1.44. The molecular weight excluding hydrogens is 459 g/mol. The summed E-state index contributed by atoms with van der Waals surface area (Å²) in [7, 11) is 0. The van der Waals surface area contributed by atoms with E-state index < -0.39 is 5.82 Å². The first-order chi connectivity index (χ1) is 17.6. The first-order valence-electron chi connectivity index (χ1n) is 11.4. The fraction of sp³-hybridized carbons (Fsp3) is 0.115. The van der Waals surface area contributed by atoms with Crippen LogP contribution in [0.4, 0.5) is 4.39 Å². The van der Waals surface area contributed by atoms with Crippen LogP contribution < -0.4 is 5.32 Å². The van der Waals surface area contributed by atoms with E-state index in [4.69, 9.17) is 9.97 Å². The zero-order chi connectivity index (χ0) is 24.6. The number of aromatic amines is 2. The summed E-state index contributed by atoms with van der Waals surface area (Å²) in [5.41, 5.74) is 6.86. The number of hydrogen-bond donors (Lipinski definition) is 4. The van der Waals surface area contributed by atoms with Gasteiger partial charge in [-0.15, -0.1) is 0 Å². The monoisotopic (exact) mass is 480 g/mol. The molecule has 5 aromatic heterocycles. The van der Waals surface area contributed by atoms with Crippen LogP contribution in [-0.2, 0) is 6.54 Å². The molecule has 6 aromatic rings. The van der Waals surface area contributed by atoms with Gasteiger partial charge in [0.1, 0.15) is 22.6 Å². The third-order valence-corrected chi connectivity index (χ3v) is 5.88. The second-order valence-corrected chi connectivity index (χ2v) is 8.37. The van der Waals surface area contributed by atoms with Crippen LogP contribution in [0, 0.1) is 5.82 Å². The Kier molecular flexibility index (Phi) is 5.34. The SMILES string of the molecule is CCNCc1cncc(-c2ccc3[nH]nc(-c4nc5c(-c6cc(O)cc(F)c6)ccnc5[nH]4)c3n2)c1. The number of aromatic hydroxyl groups is 1. The molecule has 178 valence electrons. The number of hydrogen-bond acceptors (Lipinski definition) is 7. The van der Waals surface area contributed by atoms with Crippen LogP contribution >= 0.6 is 0 Å². The largest absolute Gasteiger partial charge is 0.508 e. The molecule has 9 nitrogen and oxygen atoms in total. The Hall–Kier alpha value is -4.70. The van der Waals surface area contributed by atoms with Gasteiger partial charge < -0.3 is 15.4 Å². The number of imidazole rings is 1. The molecular formula is C26H21FN8O. The van der Waals surface area contributed by atoms with Crippen LogP contribution in [0.15, 0.2) is 61.1 Å². The van der Waals surface area contributed by atoms with Crippen molar-refractivity contribution in [3.05, 3.63) is 72.4 Å². The number of phenolic OH excluding ortho intramolecular Hbond substituents is 1. The summed E-state index contributed by atoms with van der Waals surface area (Å²) in [5, 5.41) is 20.6. The number of nitrogens with zero attached hydrogens (tertiary/aromatic N) is 5. The van der Waals surface area contributed by atoms with Crippen LogP contribution in [-0.4, -0.2) is 46.8 Å². The van der Waals surface area contributed by atoms with Gasteiger partial charge in [-0.1, -0.05) is 6.92 Å². The summed E-state index contributed by atoms with van der Waals surface area (Å²) >= 11 is 0. The topological polar surface area (TPSA) is 128 Å². The molecule has 0 spiro atoms. The number of benzene rings is 1. The molecule has 0 bridgehead atoms. The van der Waals surface area contributed by atoms with Crippen molar-refractivity contribution < 1.29 is 9.50 Å².